The van der Waals surface area contributed by atoms with Crippen LogP contribution in [0.1, 0.15) is 18.1 Å². The molecular formula is C13H10F3N3O2. The van der Waals surface area contributed by atoms with Gasteiger partial charge >= 0.3 is 12.2 Å². The van der Waals surface area contributed by atoms with Gasteiger partial charge in [0.05, 0.1) is 11.6 Å². The van der Waals surface area contributed by atoms with Crippen molar-refractivity contribution in [3.05, 3.63) is 35.4 Å². The molecule has 0 unspecified atom stereocenters. The van der Waals surface area contributed by atoms with Crippen LogP contribution in [-0.2, 0) is 16.5 Å². The highest BCUT2D eigenvalue weighted by Gasteiger charge is 2.52. The number of carbonyl (C=O) groups excluding carboxylic acids is 2. The number of rotatable bonds is 2. The zero-order valence-corrected chi connectivity index (χ0v) is 10.9. The third-order valence-corrected chi connectivity index (χ3v) is 3.27. The Morgan fingerprint density at radius 2 is 1.95 bits per heavy atom. The van der Waals surface area contributed by atoms with Crippen molar-refractivity contribution in [3.8, 4) is 6.07 Å². The molecule has 5 nitrogen and oxygen atoms in total. The number of halogens is 3. The van der Waals surface area contributed by atoms with Crippen LogP contribution in [0.4, 0.5) is 18.0 Å². The van der Waals surface area contributed by atoms with Crippen LogP contribution in [0.25, 0.3) is 0 Å². The van der Waals surface area contributed by atoms with Gasteiger partial charge in [0.25, 0.3) is 5.91 Å². The molecule has 1 fully saturated rings. The van der Waals surface area contributed by atoms with Gasteiger partial charge in [0.1, 0.15) is 12.1 Å². The van der Waals surface area contributed by atoms with Crippen LogP contribution in [0.15, 0.2) is 24.3 Å². The Hall–Kier alpha value is -2.56. The van der Waals surface area contributed by atoms with Crippen molar-refractivity contribution >= 4 is 11.9 Å². The molecule has 0 radical (unpaired) electrons. The number of imide groups is 1. The second-order valence-electron chi connectivity index (χ2n) is 4.65. The Labute approximate surface area is 118 Å². The first-order valence-electron chi connectivity index (χ1n) is 5.89. The predicted octanol–water partition coefficient (Wildman–Crippen LogP) is 2.00. The van der Waals surface area contributed by atoms with Crippen LogP contribution >= 0.6 is 0 Å². The topological polar surface area (TPSA) is 73.2 Å². The average Bonchev–Trinajstić information content (AvgIpc) is 2.63. The number of amides is 3. The van der Waals surface area contributed by atoms with E-state index in [1.807, 2.05) is 0 Å². The molecule has 3 amide bonds. The van der Waals surface area contributed by atoms with Crippen molar-refractivity contribution in [2.75, 3.05) is 6.54 Å². The lowest BCUT2D eigenvalue weighted by Crippen LogP contribution is -2.42. The minimum Gasteiger partial charge on any atom is -0.319 e. The number of nitrogens with zero attached hydrogens (tertiary/aromatic N) is 2. The van der Waals surface area contributed by atoms with E-state index in [0.717, 1.165) is 12.1 Å². The molecule has 1 atom stereocenters. The number of hydrogen-bond acceptors (Lipinski definition) is 3. The Balaban J connectivity index is 2.55. The molecule has 0 saturated carbocycles. The summed E-state index contributed by atoms with van der Waals surface area (Å²) < 4.78 is 39.2. The van der Waals surface area contributed by atoms with E-state index in [1.165, 1.54) is 19.1 Å². The fourth-order valence-electron chi connectivity index (χ4n) is 2.26. The Kier molecular flexibility index (Phi) is 3.37. The van der Waals surface area contributed by atoms with Crippen LogP contribution in [0, 0.1) is 11.3 Å². The number of alkyl halides is 3. The van der Waals surface area contributed by atoms with Gasteiger partial charge in [0.15, 0.2) is 0 Å². The van der Waals surface area contributed by atoms with Gasteiger partial charge in [-0.05, 0) is 18.6 Å². The van der Waals surface area contributed by atoms with E-state index < -0.39 is 35.8 Å². The Bertz CT molecular complexity index is 651. The lowest BCUT2D eigenvalue weighted by atomic mass is 9.88. The van der Waals surface area contributed by atoms with Crippen molar-refractivity contribution in [3.63, 3.8) is 0 Å². The molecule has 1 heterocycles. The molecule has 1 aliphatic rings. The lowest BCUT2D eigenvalue weighted by Gasteiger charge is -2.25. The third kappa shape index (κ3) is 2.31. The first-order chi connectivity index (χ1) is 9.71. The molecular weight excluding hydrogens is 287 g/mol. The standard InChI is InChI=1S/C13H10F3N3O2/c1-12(10(20)19(7-6-17)11(21)18-12)8-4-2-3-5-9(8)13(14,15)16/h2-5H,7H2,1H3,(H,18,21)/t12-/m1/s1. The number of nitrogens with one attached hydrogen (secondary N) is 1. The smallest absolute Gasteiger partial charge is 0.319 e. The molecule has 0 bridgehead atoms. The maximum Gasteiger partial charge on any atom is 0.416 e. The predicted molar refractivity (Wildman–Crippen MR) is 64.7 cm³/mol. The maximum atomic E-state index is 13.1. The van der Waals surface area contributed by atoms with Crippen LogP contribution in [-0.4, -0.2) is 23.4 Å². The fraction of sp³-hybridized carbons (Fsp3) is 0.308. The maximum absolute atomic E-state index is 13.1. The number of urea groups is 1. The van der Waals surface area contributed by atoms with Gasteiger partial charge in [-0.25, -0.2) is 9.69 Å². The molecule has 2 rings (SSSR count). The summed E-state index contributed by atoms with van der Waals surface area (Å²) in [6.07, 6.45) is -4.66. The van der Waals surface area contributed by atoms with E-state index >= 15 is 0 Å². The minimum atomic E-state index is -4.66. The van der Waals surface area contributed by atoms with Crippen molar-refractivity contribution in [2.24, 2.45) is 0 Å². The molecule has 8 heteroatoms. The van der Waals surface area contributed by atoms with Gasteiger partial charge in [-0.3, -0.25) is 4.79 Å². The van der Waals surface area contributed by atoms with E-state index in [0.29, 0.717) is 4.90 Å². The quantitative estimate of drug-likeness (QED) is 0.670. The lowest BCUT2D eigenvalue weighted by molar-refractivity contribution is -0.140. The summed E-state index contributed by atoms with van der Waals surface area (Å²) in [5.74, 6) is -0.884. The Morgan fingerprint density at radius 3 is 2.52 bits per heavy atom. The van der Waals surface area contributed by atoms with Crippen LogP contribution in [0.2, 0.25) is 0 Å². The van der Waals surface area contributed by atoms with Crippen LogP contribution in [0.5, 0.6) is 0 Å². The van der Waals surface area contributed by atoms with Gasteiger partial charge in [-0.1, -0.05) is 18.2 Å². The summed E-state index contributed by atoms with van der Waals surface area (Å²) in [7, 11) is 0. The highest BCUT2D eigenvalue weighted by Crippen LogP contribution is 2.38. The first kappa shape index (κ1) is 14.8. The molecule has 1 saturated heterocycles. The van der Waals surface area contributed by atoms with Gasteiger partial charge in [0.2, 0.25) is 0 Å². The summed E-state index contributed by atoms with van der Waals surface area (Å²) >= 11 is 0. The molecule has 1 aromatic carbocycles. The van der Waals surface area contributed by atoms with Gasteiger partial charge in [-0.2, -0.15) is 18.4 Å². The zero-order chi connectivity index (χ0) is 15.8. The Morgan fingerprint density at radius 1 is 1.33 bits per heavy atom. The summed E-state index contributed by atoms with van der Waals surface area (Å²) in [6, 6.07) is 5.26. The molecule has 21 heavy (non-hydrogen) atoms. The summed E-state index contributed by atoms with van der Waals surface area (Å²) in [5, 5.41) is 10.8. The molecule has 110 valence electrons. The summed E-state index contributed by atoms with van der Waals surface area (Å²) in [5.41, 5.74) is -3.20. The highest BCUT2D eigenvalue weighted by atomic mass is 19.4. The van der Waals surface area contributed by atoms with Gasteiger partial charge < -0.3 is 5.32 Å². The van der Waals surface area contributed by atoms with E-state index in [-0.39, 0.29) is 5.56 Å². The molecule has 0 spiro atoms. The van der Waals surface area contributed by atoms with Crippen molar-refractivity contribution in [2.45, 2.75) is 18.6 Å². The van der Waals surface area contributed by atoms with Crippen molar-refractivity contribution in [1.82, 2.24) is 10.2 Å². The second kappa shape index (κ2) is 4.77. The zero-order valence-electron chi connectivity index (χ0n) is 10.9. The number of nitriles is 1. The number of carbonyl (C=O) groups is 2. The monoisotopic (exact) mass is 297 g/mol. The summed E-state index contributed by atoms with van der Waals surface area (Å²) in [4.78, 5) is 24.5. The molecule has 1 aromatic rings. The number of hydrogen-bond donors (Lipinski definition) is 1. The third-order valence-electron chi connectivity index (χ3n) is 3.27. The van der Waals surface area contributed by atoms with Gasteiger partial charge in [-0.15, -0.1) is 0 Å². The second-order valence-corrected chi connectivity index (χ2v) is 4.65. The molecule has 0 aliphatic carbocycles. The molecule has 1 aliphatic heterocycles. The first-order valence-corrected chi connectivity index (χ1v) is 5.89. The normalized spacial score (nSPS) is 22.1. The van der Waals surface area contributed by atoms with E-state index in [1.54, 1.807) is 6.07 Å². The number of benzene rings is 1. The molecule has 0 aromatic heterocycles. The van der Waals surface area contributed by atoms with E-state index in [2.05, 4.69) is 5.32 Å². The van der Waals surface area contributed by atoms with Gasteiger partial charge in [0, 0.05) is 0 Å². The minimum absolute atomic E-state index is 0.351. The SMILES string of the molecule is C[C@]1(c2ccccc2C(F)(F)F)NC(=O)N(CC#N)C1=O. The fourth-order valence-corrected chi connectivity index (χ4v) is 2.26. The van der Waals surface area contributed by atoms with E-state index in [9.17, 15) is 22.8 Å². The van der Waals surface area contributed by atoms with Crippen LogP contribution < -0.4 is 5.32 Å². The van der Waals surface area contributed by atoms with Crippen molar-refractivity contribution < 1.29 is 22.8 Å². The largest absolute Gasteiger partial charge is 0.416 e. The van der Waals surface area contributed by atoms with E-state index in [4.69, 9.17) is 5.26 Å². The van der Waals surface area contributed by atoms with Crippen LogP contribution in [0.3, 0.4) is 0 Å². The molecule has 1 N–H and O–H groups in total. The highest BCUT2D eigenvalue weighted by molar-refractivity contribution is 6.07. The average molecular weight is 297 g/mol. The van der Waals surface area contributed by atoms with Crippen molar-refractivity contribution in [1.29, 1.82) is 5.26 Å². The summed E-state index contributed by atoms with van der Waals surface area (Å²) in [6.45, 7) is 0.670.